The summed E-state index contributed by atoms with van der Waals surface area (Å²) >= 11 is 0. The van der Waals surface area contributed by atoms with Crippen molar-refractivity contribution in [2.24, 2.45) is 0 Å². The molecule has 144 valence electrons. The van der Waals surface area contributed by atoms with Crippen LogP contribution in [0.3, 0.4) is 0 Å². The molecule has 1 aliphatic heterocycles. The largest absolute Gasteiger partial charge is 0.494 e. The lowest BCUT2D eigenvalue weighted by atomic mass is 10.1. The van der Waals surface area contributed by atoms with Crippen molar-refractivity contribution in [2.45, 2.75) is 32.7 Å². The molecule has 0 saturated carbocycles. The number of rotatable bonds is 6. The maximum absolute atomic E-state index is 12.5. The molecule has 1 unspecified atom stereocenters. The number of hydrogen-bond donors (Lipinski definition) is 0. The molecule has 0 bridgehead atoms. The molecule has 0 spiro atoms. The van der Waals surface area contributed by atoms with Crippen molar-refractivity contribution in [1.29, 1.82) is 0 Å². The van der Waals surface area contributed by atoms with E-state index >= 15 is 0 Å². The molecule has 1 saturated heterocycles. The number of benzene rings is 2. The zero-order valence-corrected chi connectivity index (χ0v) is 16.1. The topological polar surface area (TPSA) is 68.5 Å². The fourth-order valence-electron chi connectivity index (χ4n) is 3.49. The maximum atomic E-state index is 12.5. The molecule has 0 N–H and O–H groups in total. The van der Waals surface area contributed by atoms with E-state index in [2.05, 4.69) is 29.2 Å². The van der Waals surface area contributed by atoms with Gasteiger partial charge in [-0.15, -0.1) is 0 Å². The summed E-state index contributed by atoms with van der Waals surface area (Å²) < 4.78 is 11.0. The highest BCUT2D eigenvalue weighted by atomic mass is 16.5. The molecule has 4 rings (SSSR count). The Bertz CT molecular complexity index is 982. The Morgan fingerprint density at radius 1 is 1.21 bits per heavy atom. The molecular weight excluding hydrogens is 354 g/mol. The second-order valence-corrected chi connectivity index (χ2v) is 7.02. The monoisotopic (exact) mass is 377 g/mol. The SMILES string of the molecule is CCOc1cccc(-c2noc(C3CC(=O)N(Cc4ccccc4C)C3)n2)c1. The fourth-order valence-corrected chi connectivity index (χ4v) is 3.49. The number of likely N-dealkylation sites (tertiary alicyclic amines) is 1. The molecule has 1 atom stereocenters. The predicted molar refractivity (Wildman–Crippen MR) is 105 cm³/mol. The van der Waals surface area contributed by atoms with Gasteiger partial charge in [0, 0.05) is 25.1 Å². The molecule has 2 aromatic carbocycles. The molecule has 2 heterocycles. The average Bonchev–Trinajstić information content (AvgIpc) is 3.32. The van der Waals surface area contributed by atoms with Crippen LogP contribution in [0.25, 0.3) is 11.4 Å². The second-order valence-electron chi connectivity index (χ2n) is 7.02. The normalized spacial score (nSPS) is 16.6. The molecule has 0 aliphatic carbocycles. The van der Waals surface area contributed by atoms with Crippen LogP contribution < -0.4 is 4.74 Å². The summed E-state index contributed by atoms with van der Waals surface area (Å²) in [7, 11) is 0. The zero-order valence-electron chi connectivity index (χ0n) is 16.1. The Labute approximate surface area is 164 Å². The predicted octanol–water partition coefficient (Wildman–Crippen LogP) is 3.96. The van der Waals surface area contributed by atoms with Crippen molar-refractivity contribution < 1.29 is 14.1 Å². The van der Waals surface area contributed by atoms with E-state index in [1.807, 2.05) is 48.2 Å². The summed E-state index contributed by atoms with van der Waals surface area (Å²) in [5.74, 6) is 1.84. The van der Waals surface area contributed by atoms with E-state index in [9.17, 15) is 4.79 Å². The van der Waals surface area contributed by atoms with E-state index in [1.54, 1.807) is 0 Å². The number of carbonyl (C=O) groups excluding carboxylic acids is 1. The van der Waals surface area contributed by atoms with E-state index < -0.39 is 0 Å². The minimum atomic E-state index is -0.0761. The minimum Gasteiger partial charge on any atom is -0.494 e. The summed E-state index contributed by atoms with van der Waals surface area (Å²) in [5.41, 5.74) is 3.19. The first-order valence-electron chi connectivity index (χ1n) is 9.53. The second kappa shape index (κ2) is 7.84. The fraction of sp³-hybridized carbons (Fsp3) is 0.318. The van der Waals surface area contributed by atoms with Crippen LogP contribution in [0.2, 0.25) is 0 Å². The Hall–Kier alpha value is -3.15. The summed E-state index contributed by atoms with van der Waals surface area (Å²) in [6.45, 7) is 5.81. The number of hydrogen-bond acceptors (Lipinski definition) is 5. The van der Waals surface area contributed by atoms with Gasteiger partial charge in [0.15, 0.2) is 0 Å². The summed E-state index contributed by atoms with van der Waals surface area (Å²) in [4.78, 5) is 18.9. The number of nitrogens with zero attached hydrogens (tertiary/aromatic N) is 3. The first-order valence-corrected chi connectivity index (χ1v) is 9.53. The highest BCUT2D eigenvalue weighted by Crippen LogP contribution is 2.30. The van der Waals surface area contributed by atoms with E-state index in [1.165, 1.54) is 5.56 Å². The molecule has 1 fully saturated rings. The van der Waals surface area contributed by atoms with Crippen LogP contribution in [0.5, 0.6) is 5.75 Å². The van der Waals surface area contributed by atoms with Crippen molar-refractivity contribution in [1.82, 2.24) is 15.0 Å². The van der Waals surface area contributed by atoms with Gasteiger partial charge in [0.1, 0.15) is 5.75 Å². The molecule has 1 aromatic heterocycles. The lowest BCUT2D eigenvalue weighted by Crippen LogP contribution is -2.24. The van der Waals surface area contributed by atoms with Gasteiger partial charge in [-0.05, 0) is 37.1 Å². The lowest BCUT2D eigenvalue weighted by Gasteiger charge is -2.17. The first-order chi connectivity index (χ1) is 13.6. The van der Waals surface area contributed by atoms with Crippen molar-refractivity contribution in [2.75, 3.05) is 13.2 Å². The van der Waals surface area contributed by atoms with Crippen LogP contribution in [0.15, 0.2) is 53.1 Å². The summed E-state index contributed by atoms with van der Waals surface area (Å²) in [6, 6.07) is 15.7. The van der Waals surface area contributed by atoms with Crippen molar-refractivity contribution in [3.05, 3.63) is 65.5 Å². The van der Waals surface area contributed by atoms with Gasteiger partial charge in [-0.25, -0.2) is 0 Å². The average molecular weight is 377 g/mol. The minimum absolute atomic E-state index is 0.0761. The quantitative estimate of drug-likeness (QED) is 0.650. The smallest absolute Gasteiger partial charge is 0.232 e. The molecule has 1 aliphatic rings. The molecule has 28 heavy (non-hydrogen) atoms. The Morgan fingerprint density at radius 2 is 2.07 bits per heavy atom. The molecule has 6 nitrogen and oxygen atoms in total. The van der Waals surface area contributed by atoms with Crippen molar-refractivity contribution in [3.63, 3.8) is 0 Å². The molecule has 3 aromatic rings. The van der Waals surface area contributed by atoms with E-state index in [4.69, 9.17) is 9.26 Å². The number of carbonyl (C=O) groups is 1. The van der Waals surface area contributed by atoms with Gasteiger partial charge < -0.3 is 14.2 Å². The highest BCUT2D eigenvalue weighted by molar-refractivity contribution is 5.79. The zero-order chi connectivity index (χ0) is 19.5. The van der Waals surface area contributed by atoms with E-state index in [0.29, 0.717) is 37.8 Å². The summed E-state index contributed by atoms with van der Waals surface area (Å²) in [6.07, 6.45) is 0.395. The Kier molecular flexibility index (Phi) is 5.10. The Morgan fingerprint density at radius 3 is 2.89 bits per heavy atom. The van der Waals surface area contributed by atoms with E-state index in [0.717, 1.165) is 16.9 Å². The van der Waals surface area contributed by atoms with Crippen LogP contribution in [0.4, 0.5) is 0 Å². The van der Waals surface area contributed by atoms with Crippen LogP contribution >= 0.6 is 0 Å². The van der Waals surface area contributed by atoms with Crippen molar-refractivity contribution in [3.8, 4) is 17.1 Å². The van der Waals surface area contributed by atoms with Gasteiger partial charge in [-0.1, -0.05) is 41.6 Å². The molecular formula is C22H23N3O3. The number of ether oxygens (including phenoxy) is 1. The van der Waals surface area contributed by atoms with Gasteiger partial charge in [0.2, 0.25) is 17.6 Å². The van der Waals surface area contributed by atoms with Gasteiger partial charge in [-0.2, -0.15) is 4.98 Å². The third-order valence-electron chi connectivity index (χ3n) is 5.03. The standard InChI is InChI=1S/C22H23N3O3/c1-3-27-19-10-6-9-16(11-19)21-23-22(28-24-21)18-12-20(26)25(14-18)13-17-8-5-4-7-15(17)2/h4-11,18H,3,12-14H2,1-2H3. The summed E-state index contributed by atoms with van der Waals surface area (Å²) in [5, 5.41) is 4.11. The highest BCUT2D eigenvalue weighted by Gasteiger charge is 2.34. The van der Waals surface area contributed by atoms with Gasteiger partial charge in [-0.3, -0.25) is 4.79 Å². The maximum Gasteiger partial charge on any atom is 0.232 e. The molecule has 6 heteroatoms. The number of aryl methyl sites for hydroxylation is 1. The lowest BCUT2D eigenvalue weighted by molar-refractivity contribution is -0.128. The molecule has 0 radical (unpaired) electrons. The van der Waals surface area contributed by atoms with Gasteiger partial charge in [0.25, 0.3) is 0 Å². The third kappa shape index (κ3) is 3.76. The van der Waals surface area contributed by atoms with Crippen LogP contribution in [-0.4, -0.2) is 34.1 Å². The van der Waals surface area contributed by atoms with Gasteiger partial charge >= 0.3 is 0 Å². The van der Waals surface area contributed by atoms with Crippen molar-refractivity contribution >= 4 is 5.91 Å². The van der Waals surface area contributed by atoms with Crippen LogP contribution in [0.1, 0.15) is 36.3 Å². The first kappa shape index (κ1) is 18.2. The van der Waals surface area contributed by atoms with Crippen LogP contribution in [-0.2, 0) is 11.3 Å². The number of amides is 1. The van der Waals surface area contributed by atoms with Crippen LogP contribution in [0, 0.1) is 6.92 Å². The third-order valence-corrected chi connectivity index (χ3v) is 5.03. The Balaban J connectivity index is 1.48. The van der Waals surface area contributed by atoms with Gasteiger partial charge in [0.05, 0.1) is 12.5 Å². The van der Waals surface area contributed by atoms with E-state index in [-0.39, 0.29) is 11.8 Å². The molecule has 1 amide bonds. The number of aromatic nitrogens is 2.